The molecule has 0 atom stereocenters. The fourth-order valence-corrected chi connectivity index (χ4v) is 0.901. The van der Waals surface area contributed by atoms with Crippen molar-refractivity contribution in [2.24, 2.45) is 0 Å². The van der Waals surface area contributed by atoms with Gasteiger partial charge in [0.1, 0.15) is 5.82 Å². The number of hydrogen-bond acceptors (Lipinski definition) is 1. The summed E-state index contributed by atoms with van der Waals surface area (Å²) in [6.45, 7) is 3.48. The smallest absolute Gasteiger partial charge is 0.127 e. The van der Waals surface area contributed by atoms with Crippen LogP contribution in [0.1, 0.15) is 12.5 Å². The molecular weight excluding hydrogens is 177 g/mol. The molecule has 0 bridgehead atoms. The largest absolute Gasteiger partial charge is 0.313 e. The van der Waals surface area contributed by atoms with Gasteiger partial charge in [0.15, 0.2) is 0 Å². The van der Waals surface area contributed by atoms with Crippen molar-refractivity contribution in [3.8, 4) is 0 Å². The standard InChI is InChI=1S/C9H12FN.ClH/c1-2-11-7-8-5-3-4-6-9(8)10;/h3-6,11H,2,7H2,1H3;1H. The lowest BCUT2D eigenvalue weighted by molar-refractivity contribution is 0.593. The first-order chi connectivity index (χ1) is 5.34. The van der Waals surface area contributed by atoms with Crippen LogP contribution in [0.15, 0.2) is 24.3 Å². The van der Waals surface area contributed by atoms with Crippen LogP contribution in [0.25, 0.3) is 0 Å². The minimum absolute atomic E-state index is 0. The van der Waals surface area contributed by atoms with E-state index in [2.05, 4.69) is 5.32 Å². The van der Waals surface area contributed by atoms with Crippen molar-refractivity contribution in [3.05, 3.63) is 35.6 Å². The quantitative estimate of drug-likeness (QED) is 0.770. The molecule has 12 heavy (non-hydrogen) atoms. The second-order valence-corrected chi connectivity index (χ2v) is 2.37. The van der Waals surface area contributed by atoms with Crippen LogP contribution in [0.3, 0.4) is 0 Å². The Kier molecular flexibility index (Phi) is 5.68. The molecule has 1 aromatic carbocycles. The van der Waals surface area contributed by atoms with E-state index in [0.29, 0.717) is 6.54 Å². The van der Waals surface area contributed by atoms with Gasteiger partial charge in [-0.25, -0.2) is 4.39 Å². The highest BCUT2D eigenvalue weighted by molar-refractivity contribution is 5.85. The zero-order valence-electron chi connectivity index (χ0n) is 7.01. The lowest BCUT2D eigenvalue weighted by Crippen LogP contribution is -2.12. The van der Waals surface area contributed by atoms with E-state index in [9.17, 15) is 4.39 Å². The van der Waals surface area contributed by atoms with E-state index in [-0.39, 0.29) is 18.2 Å². The Hall–Kier alpha value is -0.600. The highest BCUT2D eigenvalue weighted by atomic mass is 35.5. The van der Waals surface area contributed by atoms with Gasteiger partial charge in [0.2, 0.25) is 0 Å². The highest BCUT2D eigenvalue weighted by Crippen LogP contribution is 2.04. The summed E-state index contributed by atoms with van der Waals surface area (Å²) in [5.41, 5.74) is 0.731. The molecule has 68 valence electrons. The maximum absolute atomic E-state index is 12.9. The van der Waals surface area contributed by atoms with Crippen molar-refractivity contribution >= 4 is 12.4 Å². The van der Waals surface area contributed by atoms with E-state index in [1.165, 1.54) is 6.07 Å². The van der Waals surface area contributed by atoms with Gasteiger partial charge in [0, 0.05) is 12.1 Å². The van der Waals surface area contributed by atoms with Gasteiger partial charge in [-0.15, -0.1) is 12.4 Å². The molecule has 0 saturated heterocycles. The molecule has 1 N–H and O–H groups in total. The van der Waals surface area contributed by atoms with Gasteiger partial charge in [-0.2, -0.15) is 0 Å². The highest BCUT2D eigenvalue weighted by Gasteiger charge is 1.97. The van der Waals surface area contributed by atoms with E-state index >= 15 is 0 Å². The van der Waals surface area contributed by atoms with Crippen LogP contribution >= 0.6 is 12.4 Å². The normalized spacial score (nSPS) is 9.17. The Morgan fingerprint density at radius 1 is 1.33 bits per heavy atom. The van der Waals surface area contributed by atoms with Crippen molar-refractivity contribution in [3.63, 3.8) is 0 Å². The molecule has 3 heteroatoms. The van der Waals surface area contributed by atoms with Gasteiger partial charge in [-0.05, 0) is 12.6 Å². The average molecular weight is 190 g/mol. The second-order valence-electron chi connectivity index (χ2n) is 2.37. The van der Waals surface area contributed by atoms with Gasteiger partial charge >= 0.3 is 0 Å². The molecule has 0 radical (unpaired) electrons. The SMILES string of the molecule is CCNCc1ccccc1F.Cl. The van der Waals surface area contributed by atoms with Gasteiger partial charge < -0.3 is 5.32 Å². The third kappa shape index (κ3) is 3.20. The molecule has 0 aliphatic heterocycles. The minimum Gasteiger partial charge on any atom is -0.313 e. The van der Waals surface area contributed by atoms with Crippen LogP contribution in [0.4, 0.5) is 4.39 Å². The van der Waals surface area contributed by atoms with Gasteiger partial charge in [0.25, 0.3) is 0 Å². The van der Waals surface area contributed by atoms with Crippen molar-refractivity contribution < 1.29 is 4.39 Å². The molecule has 0 aliphatic carbocycles. The Morgan fingerprint density at radius 3 is 2.58 bits per heavy atom. The van der Waals surface area contributed by atoms with Gasteiger partial charge in [-0.3, -0.25) is 0 Å². The first-order valence-corrected chi connectivity index (χ1v) is 3.78. The minimum atomic E-state index is -0.131. The van der Waals surface area contributed by atoms with Crippen molar-refractivity contribution in [2.75, 3.05) is 6.54 Å². The Labute approximate surface area is 78.4 Å². The molecule has 0 heterocycles. The molecule has 0 saturated carbocycles. The Morgan fingerprint density at radius 2 is 2.00 bits per heavy atom. The van der Waals surface area contributed by atoms with E-state index in [1.807, 2.05) is 13.0 Å². The summed E-state index contributed by atoms with van der Waals surface area (Å²) in [5.74, 6) is -0.131. The fraction of sp³-hybridized carbons (Fsp3) is 0.333. The summed E-state index contributed by atoms with van der Waals surface area (Å²) < 4.78 is 12.9. The molecule has 0 amide bonds. The lowest BCUT2D eigenvalue weighted by atomic mass is 10.2. The number of halogens is 2. The predicted molar refractivity (Wildman–Crippen MR) is 51.0 cm³/mol. The Balaban J connectivity index is 0.00000121. The number of benzene rings is 1. The number of hydrogen-bond donors (Lipinski definition) is 1. The van der Waals surface area contributed by atoms with Crippen LogP contribution in [0.5, 0.6) is 0 Å². The molecule has 1 rings (SSSR count). The second kappa shape index (κ2) is 5.98. The lowest BCUT2D eigenvalue weighted by Gasteiger charge is -2.01. The van der Waals surface area contributed by atoms with Crippen molar-refractivity contribution in [2.45, 2.75) is 13.5 Å². The van der Waals surface area contributed by atoms with E-state index in [0.717, 1.165) is 12.1 Å². The summed E-state index contributed by atoms with van der Waals surface area (Å²) in [5, 5.41) is 3.07. The Bertz CT molecular complexity index is 228. The van der Waals surface area contributed by atoms with Crippen molar-refractivity contribution in [1.82, 2.24) is 5.32 Å². The molecular formula is C9H13ClFN. The molecule has 0 aromatic heterocycles. The van der Waals surface area contributed by atoms with E-state index < -0.39 is 0 Å². The summed E-state index contributed by atoms with van der Waals surface area (Å²) in [4.78, 5) is 0. The monoisotopic (exact) mass is 189 g/mol. The van der Waals surface area contributed by atoms with Crippen LogP contribution in [0.2, 0.25) is 0 Å². The van der Waals surface area contributed by atoms with Gasteiger partial charge in [-0.1, -0.05) is 25.1 Å². The molecule has 0 fully saturated rings. The number of nitrogens with one attached hydrogen (secondary N) is 1. The molecule has 0 aliphatic rings. The first kappa shape index (κ1) is 11.4. The summed E-state index contributed by atoms with van der Waals surface area (Å²) in [7, 11) is 0. The maximum Gasteiger partial charge on any atom is 0.127 e. The number of rotatable bonds is 3. The van der Waals surface area contributed by atoms with Crippen molar-refractivity contribution in [1.29, 1.82) is 0 Å². The van der Waals surface area contributed by atoms with Crippen LogP contribution in [-0.2, 0) is 6.54 Å². The summed E-state index contributed by atoms with van der Waals surface area (Å²) in [6.07, 6.45) is 0. The fourth-order valence-electron chi connectivity index (χ4n) is 0.901. The predicted octanol–water partition coefficient (Wildman–Crippen LogP) is 2.36. The average Bonchev–Trinajstić information content (AvgIpc) is 2.03. The topological polar surface area (TPSA) is 12.0 Å². The summed E-state index contributed by atoms with van der Waals surface area (Å²) >= 11 is 0. The molecule has 1 aromatic rings. The summed E-state index contributed by atoms with van der Waals surface area (Å²) in [6, 6.07) is 6.81. The maximum atomic E-state index is 12.9. The molecule has 1 nitrogen and oxygen atoms in total. The van der Waals surface area contributed by atoms with E-state index in [1.54, 1.807) is 12.1 Å². The van der Waals surface area contributed by atoms with Gasteiger partial charge in [0.05, 0.1) is 0 Å². The first-order valence-electron chi connectivity index (χ1n) is 3.78. The van der Waals surface area contributed by atoms with Crippen LogP contribution < -0.4 is 5.32 Å². The molecule has 0 spiro atoms. The third-order valence-corrected chi connectivity index (χ3v) is 1.52. The van der Waals surface area contributed by atoms with E-state index in [4.69, 9.17) is 0 Å². The van der Waals surface area contributed by atoms with Crippen LogP contribution in [-0.4, -0.2) is 6.54 Å². The molecule has 0 unspecified atom stereocenters. The zero-order chi connectivity index (χ0) is 8.10. The zero-order valence-corrected chi connectivity index (χ0v) is 7.83. The third-order valence-electron chi connectivity index (χ3n) is 1.52. The van der Waals surface area contributed by atoms with Crippen LogP contribution in [0, 0.1) is 5.82 Å².